The van der Waals surface area contributed by atoms with E-state index >= 15 is 0 Å². The van der Waals surface area contributed by atoms with E-state index in [2.05, 4.69) is 5.32 Å². The summed E-state index contributed by atoms with van der Waals surface area (Å²) < 4.78 is 0. The Labute approximate surface area is 128 Å². The molecule has 1 aliphatic rings. The molecule has 1 aliphatic heterocycles. The zero-order valence-corrected chi connectivity index (χ0v) is 12.3. The van der Waals surface area contributed by atoms with Crippen LogP contribution in [-0.4, -0.2) is 48.6 Å². The third-order valence-corrected chi connectivity index (χ3v) is 3.54. The first kappa shape index (κ1) is 15.6. The molecule has 0 aromatic heterocycles. The van der Waals surface area contributed by atoms with Crippen molar-refractivity contribution >= 4 is 17.4 Å². The Kier molecular flexibility index (Phi) is 4.78. The molecule has 0 unspecified atom stereocenters. The minimum Gasteiger partial charge on any atom is -0.362 e. The van der Waals surface area contributed by atoms with Crippen LogP contribution >= 0.6 is 0 Å². The Morgan fingerprint density at radius 1 is 1.41 bits per heavy atom. The number of carbonyl (C=O) groups is 1. The summed E-state index contributed by atoms with van der Waals surface area (Å²) in [7, 11) is 0. The summed E-state index contributed by atoms with van der Waals surface area (Å²) >= 11 is 0. The predicted molar refractivity (Wildman–Crippen MR) is 80.7 cm³/mol. The lowest BCUT2D eigenvalue weighted by molar-refractivity contribution is -0.384. The third-order valence-electron chi connectivity index (χ3n) is 3.54. The summed E-state index contributed by atoms with van der Waals surface area (Å²) in [6.45, 7) is 4.47. The number of piperazine rings is 1. The van der Waals surface area contributed by atoms with Crippen molar-refractivity contribution < 1.29 is 9.72 Å². The van der Waals surface area contributed by atoms with Crippen LogP contribution in [0.5, 0.6) is 0 Å². The minimum absolute atomic E-state index is 0.0782. The number of urea groups is 1. The number of nitro benzene ring substituents is 1. The highest BCUT2D eigenvalue weighted by Gasteiger charge is 2.25. The summed E-state index contributed by atoms with van der Waals surface area (Å²) in [5.41, 5.74) is 0.668. The Morgan fingerprint density at radius 3 is 2.64 bits per heavy atom. The van der Waals surface area contributed by atoms with Crippen molar-refractivity contribution in [3.05, 3.63) is 33.9 Å². The van der Waals surface area contributed by atoms with Crippen LogP contribution in [0.2, 0.25) is 0 Å². The molecule has 8 nitrogen and oxygen atoms in total. The fourth-order valence-electron chi connectivity index (χ4n) is 2.42. The first-order chi connectivity index (χ1) is 10.6. The SMILES string of the molecule is CCNC(=O)N1CCN(c2ccc(C#N)cc2[N+](=O)[O-])CC1. The van der Waals surface area contributed by atoms with Crippen LogP contribution in [-0.2, 0) is 0 Å². The van der Waals surface area contributed by atoms with Gasteiger partial charge in [-0.3, -0.25) is 10.1 Å². The molecule has 1 N–H and O–H groups in total. The van der Waals surface area contributed by atoms with Crippen molar-refractivity contribution in [2.75, 3.05) is 37.6 Å². The molecule has 22 heavy (non-hydrogen) atoms. The van der Waals surface area contributed by atoms with Gasteiger partial charge in [0.25, 0.3) is 5.69 Å². The number of amides is 2. The topological polar surface area (TPSA) is 103 Å². The average Bonchev–Trinajstić information content (AvgIpc) is 2.54. The number of nitrogens with zero attached hydrogens (tertiary/aromatic N) is 4. The molecule has 0 saturated carbocycles. The summed E-state index contributed by atoms with van der Waals surface area (Å²) in [6.07, 6.45) is 0. The van der Waals surface area contributed by atoms with Gasteiger partial charge in [-0.15, -0.1) is 0 Å². The lowest BCUT2D eigenvalue weighted by Gasteiger charge is -2.35. The van der Waals surface area contributed by atoms with Crippen molar-refractivity contribution in [3.8, 4) is 6.07 Å². The Morgan fingerprint density at radius 2 is 2.09 bits per heavy atom. The zero-order chi connectivity index (χ0) is 16.1. The van der Waals surface area contributed by atoms with Gasteiger partial charge in [0.1, 0.15) is 5.69 Å². The molecule has 0 radical (unpaired) electrons. The number of hydrogen-bond acceptors (Lipinski definition) is 5. The van der Waals surface area contributed by atoms with Crippen LogP contribution in [0, 0.1) is 21.4 Å². The van der Waals surface area contributed by atoms with Gasteiger partial charge < -0.3 is 15.1 Å². The van der Waals surface area contributed by atoms with Gasteiger partial charge in [-0.25, -0.2) is 4.79 Å². The molecule has 0 aliphatic carbocycles. The molecule has 1 aromatic carbocycles. The van der Waals surface area contributed by atoms with Crippen LogP contribution < -0.4 is 10.2 Å². The van der Waals surface area contributed by atoms with E-state index in [1.807, 2.05) is 17.9 Å². The smallest absolute Gasteiger partial charge is 0.317 e. The maximum atomic E-state index is 11.8. The molecule has 1 saturated heterocycles. The summed E-state index contributed by atoms with van der Waals surface area (Å²) in [5.74, 6) is 0. The molecule has 8 heteroatoms. The van der Waals surface area contributed by atoms with Gasteiger partial charge >= 0.3 is 6.03 Å². The zero-order valence-electron chi connectivity index (χ0n) is 12.3. The van der Waals surface area contributed by atoms with Gasteiger partial charge in [-0.1, -0.05) is 0 Å². The highest BCUT2D eigenvalue weighted by atomic mass is 16.6. The predicted octanol–water partition coefficient (Wildman–Crippen LogP) is 1.32. The molecule has 116 valence electrons. The van der Waals surface area contributed by atoms with Gasteiger partial charge in [0.15, 0.2) is 0 Å². The first-order valence-electron chi connectivity index (χ1n) is 7.03. The van der Waals surface area contributed by atoms with E-state index in [9.17, 15) is 14.9 Å². The van der Waals surface area contributed by atoms with E-state index in [1.165, 1.54) is 6.07 Å². The van der Waals surface area contributed by atoms with Gasteiger partial charge in [0.05, 0.1) is 16.6 Å². The van der Waals surface area contributed by atoms with E-state index < -0.39 is 4.92 Å². The van der Waals surface area contributed by atoms with Crippen molar-refractivity contribution in [2.24, 2.45) is 0 Å². The lowest BCUT2D eigenvalue weighted by atomic mass is 10.1. The van der Waals surface area contributed by atoms with Crippen LogP contribution in [0.15, 0.2) is 18.2 Å². The second-order valence-corrected chi connectivity index (χ2v) is 4.88. The number of nitriles is 1. The summed E-state index contributed by atoms with van der Waals surface area (Å²) in [6, 6.07) is 6.24. The molecule has 0 atom stereocenters. The lowest BCUT2D eigenvalue weighted by Crippen LogP contribution is -2.51. The highest BCUT2D eigenvalue weighted by molar-refractivity contribution is 5.74. The summed E-state index contributed by atoms with van der Waals surface area (Å²) in [5, 5.41) is 22.8. The second-order valence-electron chi connectivity index (χ2n) is 4.88. The number of nitrogens with one attached hydrogen (secondary N) is 1. The first-order valence-corrected chi connectivity index (χ1v) is 7.03. The Balaban J connectivity index is 2.13. The number of hydrogen-bond donors (Lipinski definition) is 1. The monoisotopic (exact) mass is 303 g/mol. The van der Waals surface area contributed by atoms with Crippen molar-refractivity contribution in [1.29, 1.82) is 5.26 Å². The standard InChI is InChI=1S/C14H17N5O3/c1-2-16-14(20)18-7-5-17(6-8-18)12-4-3-11(10-15)9-13(12)19(21)22/h3-4,9H,2,5-8H2,1H3,(H,16,20). The molecular weight excluding hydrogens is 286 g/mol. The number of carbonyl (C=O) groups excluding carboxylic acids is 1. The average molecular weight is 303 g/mol. The van der Waals surface area contributed by atoms with Crippen molar-refractivity contribution in [3.63, 3.8) is 0 Å². The fraction of sp³-hybridized carbons (Fsp3) is 0.429. The van der Waals surface area contributed by atoms with E-state index in [0.29, 0.717) is 38.4 Å². The molecule has 2 amide bonds. The van der Waals surface area contributed by atoms with Gasteiger partial charge in [-0.2, -0.15) is 5.26 Å². The number of nitro groups is 1. The number of rotatable bonds is 3. The third kappa shape index (κ3) is 3.25. The van der Waals surface area contributed by atoms with E-state index in [1.54, 1.807) is 17.0 Å². The van der Waals surface area contributed by atoms with Crippen LogP contribution in [0.1, 0.15) is 12.5 Å². The maximum absolute atomic E-state index is 11.8. The van der Waals surface area contributed by atoms with Gasteiger partial charge in [-0.05, 0) is 19.1 Å². The molecule has 1 aromatic rings. The molecule has 1 heterocycles. The van der Waals surface area contributed by atoms with Gasteiger partial charge in [0.2, 0.25) is 0 Å². The molecular formula is C14H17N5O3. The Hall–Kier alpha value is -2.82. The minimum atomic E-state index is -0.480. The van der Waals surface area contributed by atoms with Crippen molar-refractivity contribution in [2.45, 2.75) is 6.92 Å². The highest BCUT2D eigenvalue weighted by Crippen LogP contribution is 2.29. The molecule has 1 fully saturated rings. The quantitative estimate of drug-likeness (QED) is 0.670. The molecule has 0 bridgehead atoms. The van der Waals surface area contributed by atoms with E-state index in [4.69, 9.17) is 5.26 Å². The number of benzene rings is 1. The Bertz CT molecular complexity index is 617. The second kappa shape index (κ2) is 6.76. The number of anilines is 1. The van der Waals surface area contributed by atoms with Crippen LogP contribution in [0.25, 0.3) is 0 Å². The van der Waals surface area contributed by atoms with E-state index in [-0.39, 0.29) is 17.3 Å². The molecule has 2 rings (SSSR count). The summed E-state index contributed by atoms with van der Waals surface area (Å²) in [4.78, 5) is 26.0. The normalized spacial score (nSPS) is 14.4. The van der Waals surface area contributed by atoms with Crippen LogP contribution in [0.4, 0.5) is 16.2 Å². The largest absolute Gasteiger partial charge is 0.362 e. The maximum Gasteiger partial charge on any atom is 0.317 e. The van der Waals surface area contributed by atoms with Gasteiger partial charge in [0, 0.05) is 38.8 Å². The fourth-order valence-corrected chi connectivity index (χ4v) is 2.42. The molecule has 0 spiro atoms. The van der Waals surface area contributed by atoms with Crippen LogP contribution in [0.3, 0.4) is 0 Å². The van der Waals surface area contributed by atoms with E-state index in [0.717, 1.165) is 0 Å². The van der Waals surface area contributed by atoms with Crippen molar-refractivity contribution in [1.82, 2.24) is 10.2 Å².